The molecule has 164 valence electrons. The molecule has 2 aliphatic rings. The van der Waals surface area contributed by atoms with Crippen molar-refractivity contribution < 1.29 is 19.1 Å². The van der Waals surface area contributed by atoms with E-state index in [0.29, 0.717) is 26.2 Å². The van der Waals surface area contributed by atoms with Crippen LogP contribution in [0.25, 0.3) is 0 Å². The third-order valence-corrected chi connectivity index (χ3v) is 6.20. The second-order valence-corrected chi connectivity index (χ2v) is 8.23. The Morgan fingerprint density at radius 1 is 1.03 bits per heavy atom. The first kappa shape index (κ1) is 21.4. The van der Waals surface area contributed by atoms with E-state index in [0.717, 1.165) is 30.7 Å². The summed E-state index contributed by atoms with van der Waals surface area (Å²) >= 11 is 0. The van der Waals surface area contributed by atoms with E-state index in [4.69, 9.17) is 9.47 Å². The maximum absolute atomic E-state index is 13.0. The molecular formula is C25H30N2O4. The number of nitrogens with zero attached hydrogens (tertiary/aromatic N) is 2. The molecule has 0 aliphatic carbocycles. The molecule has 1 unspecified atom stereocenters. The summed E-state index contributed by atoms with van der Waals surface area (Å²) in [6.45, 7) is 2.54. The quantitative estimate of drug-likeness (QED) is 0.687. The summed E-state index contributed by atoms with van der Waals surface area (Å²) < 4.78 is 11.2. The summed E-state index contributed by atoms with van der Waals surface area (Å²) in [6.07, 6.45) is 3.09. The molecule has 2 amide bonds. The molecule has 0 N–H and O–H groups in total. The number of hydrogen-bond donors (Lipinski definition) is 0. The van der Waals surface area contributed by atoms with E-state index >= 15 is 0 Å². The van der Waals surface area contributed by atoms with Crippen LogP contribution in [-0.2, 0) is 20.7 Å². The first-order valence-electron chi connectivity index (χ1n) is 11.0. The first-order chi connectivity index (χ1) is 15.1. The predicted octanol–water partition coefficient (Wildman–Crippen LogP) is 3.30. The molecule has 2 aliphatic heterocycles. The minimum Gasteiger partial charge on any atom is -0.497 e. The largest absolute Gasteiger partial charge is 0.497 e. The number of anilines is 1. The minimum atomic E-state index is -0.273. The molecule has 31 heavy (non-hydrogen) atoms. The number of rotatable bonds is 7. The van der Waals surface area contributed by atoms with Crippen LogP contribution >= 0.6 is 0 Å². The van der Waals surface area contributed by atoms with Crippen LogP contribution in [0.15, 0.2) is 54.6 Å². The summed E-state index contributed by atoms with van der Waals surface area (Å²) in [7, 11) is 1.61. The van der Waals surface area contributed by atoms with Crippen molar-refractivity contribution in [1.29, 1.82) is 0 Å². The zero-order valence-electron chi connectivity index (χ0n) is 18.0. The number of methoxy groups -OCH3 is 1. The molecule has 0 radical (unpaired) electrons. The van der Waals surface area contributed by atoms with Crippen LogP contribution in [0.5, 0.6) is 5.75 Å². The highest BCUT2D eigenvalue weighted by molar-refractivity contribution is 6.00. The summed E-state index contributed by atoms with van der Waals surface area (Å²) in [5, 5.41) is 0. The first-order valence-corrected chi connectivity index (χ1v) is 11.0. The average molecular weight is 423 g/mol. The van der Waals surface area contributed by atoms with Gasteiger partial charge in [0.25, 0.3) is 0 Å². The number of ether oxygens (including phenoxy) is 2. The van der Waals surface area contributed by atoms with Gasteiger partial charge in [-0.3, -0.25) is 9.59 Å². The maximum atomic E-state index is 13.0. The van der Waals surface area contributed by atoms with Gasteiger partial charge in [-0.1, -0.05) is 30.3 Å². The van der Waals surface area contributed by atoms with E-state index in [1.165, 1.54) is 5.56 Å². The van der Waals surface area contributed by atoms with E-state index < -0.39 is 0 Å². The zero-order chi connectivity index (χ0) is 21.6. The van der Waals surface area contributed by atoms with Crippen LogP contribution in [0, 0.1) is 5.92 Å². The Bertz CT molecular complexity index is 876. The fourth-order valence-corrected chi connectivity index (χ4v) is 4.37. The van der Waals surface area contributed by atoms with Gasteiger partial charge in [-0.15, -0.1) is 0 Å². The normalized spacial score (nSPS) is 19.6. The minimum absolute atomic E-state index is 0.00245. The Morgan fingerprint density at radius 2 is 1.74 bits per heavy atom. The molecule has 0 aromatic heterocycles. The molecule has 0 bridgehead atoms. The Labute approximate surface area is 183 Å². The van der Waals surface area contributed by atoms with Gasteiger partial charge in [0.15, 0.2) is 0 Å². The van der Waals surface area contributed by atoms with Crippen LogP contribution in [0.1, 0.15) is 24.8 Å². The lowest BCUT2D eigenvalue weighted by molar-refractivity contribution is -0.138. The monoisotopic (exact) mass is 422 g/mol. The van der Waals surface area contributed by atoms with Gasteiger partial charge >= 0.3 is 0 Å². The van der Waals surface area contributed by atoms with Gasteiger partial charge < -0.3 is 19.3 Å². The van der Waals surface area contributed by atoms with Crippen LogP contribution in [0.4, 0.5) is 5.69 Å². The fraction of sp³-hybridized carbons (Fsp3) is 0.440. The van der Waals surface area contributed by atoms with E-state index in [-0.39, 0.29) is 30.3 Å². The molecule has 2 fully saturated rings. The molecule has 2 saturated heterocycles. The molecule has 1 atom stereocenters. The van der Waals surface area contributed by atoms with Crippen molar-refractivity contribution in [2.45, 2.75) is 31.8 Å². The highest BCUT2D eigenvalue weighted by Crippen LogP contribution is 2.28. The van der Waals surface area contributed by atoms with Crippen LogP contribution < -0.4 is 9.64 Å². The van der Waals surface area contributed by atoms with Gasteiger partial charge in [-0.25, -0.2) is 0 Å². The lowest BCUT2D eigenvalue weighted by Crippen LogP contribution is -2.44. The second-order valence-electron chi connectivity index (χ2n) is 8.23. The maximum Gasteiger partial charge on any atom is 0.228 e. The zero-order valence-corrected chi connectivity index (χ0v) is 18.0. The molecule has 2 heterocycles. The van der Waals surface area contributed by atoms with Crippen molar-refractivity contribution in [2.75, 3.05) is 38.3 Å². The fourth-order valence-electron chi connectivity index (χ4n) is 4.37. The van der Waals surface area contributed by atoms with Crippen molar-refractivity contribution in [3.63, 3.8) is 0 Å². The number of benzene rings is 2. The lowest BCUT2D eigenvalue weighted by Gasteiger charge is -2.33. The standard InChI is InChI=1S/C25H30N2O4/c1-30-22-9-7-21(8-10-22)27-18-20(17-24(27)28)25(29)26-14-11-23(12-15-26)31-16-13-19-5-3-2-4-6-19/h2-10,20,23H,11-18H2,1H3. The number of carbonyl (C=O) groups is 2. The van der Waals surface area contributed by atoms with Gasteiger partial charge in [0, 0.05) is 31.7 Å². The number of carbonyl (C=O) groups excluding carboxylic acids is 2. The van der Waals surface area contributed by atoms with Crippen LogP contribution in [0.3, 0.4) is 0 Å². The van der Waals surface area contributed by atoms with Gasteiger partial charge in [0.2, 0.25) is 11.8 Å². The third-order valence-electron chi connectivity index (χ3n) is 6.20. The molecule has 6 nitrogen and oxygen atoms in total. The van der Waals surface area contributed by atoms with Gasteiger partial charge in [-0.2, -0.15) is 0 Å². The number of piperidine rings is 1. The van der Waals surface area contributed by atoms with E-state index in [1.807, 2.05) is 47.4 Å². The molecule has 0 saturated carbocycles. The molecule has 6 heteroatoms. The van der Waals surface area contributed by atoms with Crippen molar-refractivity contribution in [3.05, 3.63) is 60.2 Å². The third kappa shape index (κ3) is 5.25. The molecule has 2 aromatic rings. The number of hydrogen-bond acceptors (Lipinski definition) is 4. The van der Waals surface area contributed by atoms with E-state index in [9.17, 15) is 9.59 Å². The number of likely N-dealkylation sites (tertiary alicyclic amines) is 1. The molecule has 2 aromatic carbocycles. The van der Waals surface area contributed by atoms with Crippen molar-refractivity contribution in [3.8, 4) is 5.75 Å². The predicted molar refractivity (Wildman–Crippen MR) is 119 cm³/mol. The highest BCUT2D eigenvalue weighted by atomic mass is 16.5. The Morgan fingerprint density at radius 3 is 2.42 bits per heavy atom. The second kappa shape index (κ2) is 9.96. The van der Waals surface area contributed by atoms with E-state index in [1.54, 1.807) is 12.0 Å². The molecular weight excluding hydrogens is 392 g/mol. The van der Waals surface area contributed by atoms with E-state index in [2.05, 4.69) is 12.1 Å². The SMILES string of the molecule is COc1ccc(N2CC(C(=O)N3CCC(OCCc4ccccc4)CC3)CC2=O)cc1. The lowest BCUT2D eigenvalue weighted by atomic mass is 10.0. The summed E-state index contributed by atoms with van der Waals surface area (Å²) in [5.41, 5.74) is 2.09. The van der Waals surface area contributed by atoms with Crippen LogP contribution in [-0.4, -0.2) is 56.2 Å². The van der Waals surface area contributed by atoms with Gasteiger partial charge in [0.05, 0.1) is 25.7 Å². The molecule has 4 rings (SSSR count). The van der Waals surface area contributed by atoms with Crippen molar-refractivity contribution in [1.82, 2.24) is 4.90 Å². The van der Waals surface area contributed by atoms with Crippen molar-refractivity contribution >= 4 is 17.5 Å². The Balaban J connectivity index is 1.23. The van der Waals surface area contributed by atoms with Crippen molar-refractivity contribution in [2.24, 2.45) is 5.92 Å². The smallest absolute Gasteiger partial charge is 0.228 e. The highest BCUT2D eigenvalue weighted by Gasteiger charge is 2.38. The van der Waals surface area contributed by atoms with Gasteiger partial charge in [0.1, 0.15) is 5.75 Å². The summed E-state index contributed by atoms with van der Waals surface area (Å²) in [4.78, 5) is 29.2. The molecule has 0 spiro atoms. The number of amides is 2. The van der Waals surface area contributed by atoms with Gasteiger partial charge in [-0.05, 0) is 49.1 Å². The summed E-state index contributed by atoms with van der Waals surface area (Å²) in [5.74, 6) is 0.566. The Kier molecular flexibility index (Phi) is 6.87. The van der Waals surface area contributed by atoms with Crippen LogP contribution in [0.2, 0.25) is 0 Å². The Hall–Kier alpha value is -2.86. The topological polar surface area (TPSA) is 59.1 Å². The average Bonchev–Trinajstić information content (AvgIpc) is 3.21. The summed E-state index contributed by atoms with van der Waals surface area (Å²) in [6, 6.07) is 17.7.